The molecule has 4 nitrogen and oxygen atoms in total. The maximum atomic E-state index is 9.50. The number of phenolic OH excluding ortho intramolecular Hbond substituents is 1. The molecular formula is C13H15N3O. The molecule has 0 saturated carbocycles. The van der Waals surface area contributed by atoms with Gasteiger partial charge in [-0.15, -0.1) is 0 Å². The number of nitrogens with two attached hydrogens (primary N) is 1. The third-order valence-corrected chi connectivity index (χ3v) is 3.43. The first-order chi connectivity index (χ1) is 8.29. The molecule has 0 radical (unpaired) electrons. The Hall–Kier alpha value is -1.81. The summed E-state index contributed by atoms with van der Waals surface area (Å²) < 4.78 is 1.91. The van der Waals surface area contributed by atoms with Crippen molar-refractivity contribution in [3.05, 3.63) is 41.7 Å². The second-order valence-corrected chi connectivity index (χ2v) is 4.45. The molecule has 1 heterocycles. The molecule has 0 bridgehead atoms. The van der Waals surface area contributed by atoms with E-state index in [2.05, 4.69) is 5.10 Å². The summed E-state index contributed by atoms with van der Waals surface area (Å²) >= 11 is 0. The molecule has 88 valence electrons. The number of rotatable bonds is 2. The van der Waals surface area contributed by atoms with Crippen molar-refractivity contribution in [2.75, 3.05) is 6.54 Å². The predicted octanol–water partition coefficient (Wildman–Crippen LogP) is 1.57. The van der Waals surface area contributed by atoms with Crippen molar-refractivity contribution in [3.8, 4) is 11.4 Å². The third-order valence-electron chi connectivity index (χ3n) is 3.43. The zero-order chi connectivity index (χ0) is 11.8. The molecule has 17 heavy (non-hydrogen) atoms. The van der Waals surface area contributed by atoms with Gasteiger partial charge in [0.1, 0.15) is 5.75 Å². The summed E-state index contributed by atoms with van der Waals surface area (Å²) in [5.74, 6) is 0.705. The van der Waals surface area contributed by atoms with Gasteiger partial charge in [0.25, 0.3) is 0 Å². The summed E-state index contributed by atoms with van der Waals surface area (Å²) in [6, 6.07) is 7.16. The molecule has 1 unspecified atom stereocenters. The highest BCUT2D eigenvalue weighted by Gasteiger charge is 2.25. The molecule has 0 fully saturated rings. The number of nitrogens with zero attached hydrogens (tertiary/aromatic N) is 2. The fourth-order valence-electron chi connectivity index (χ4n) is 2.54. The van der Waals surface area contributed by atoms with Gasteiger partial charge in [-0.25, -0.2) is 4.68 Å². The molecule has 1 aromatic heterocycles. The number of aromatic nitrogens is 2. The van der Waals surface area contributed by atoms with Crippen molar-refractivity contribution < 1.29 is 5.11 Å². The first-order valence-corrected chi connectivity index (χ1v) is 5.86. The molecule has 0 aliphatic heterocycles. The average molecular weight is 229 g/mol. The molecule has 1 aliphatic rings. The van der Waals surface area contributed by atoms with E-state index in [0.717, 1.165) is 18.5 Å². The van der Waals surface area contributed by atoms with Crippen LogP contribution in [0.15, 0.2) is 30.5 Å². The van der Waals surface area contributed by atoms with Gasteiger partial charge in [-0.1, -0.05) is 6.07 Å². The highest BCUT2D eigenvalue weighted by Crippen LogP contribution is 2.33. The number of aromatic hydroxyl groups is 1. The number of benzene rings is 1. The Morgan fingerprint density at radius 2 is 2.35 bits per heavy atom. The lowest BCUT2D eigenvalue weighted by Crippen LogP contribution is -2.08. The van der Waals surface area contributed by atoms with Crippen LogP contribution in [0.3, 0.4) is 0 Å². The van der Waals surface area contributed by atoms with Crippen LogP contribution in [0.4, 0.5) is 0 Å². The van der Waals surface area contributed by atoms with Crippen LogP contribution in [0, 0.1) is 0 Å². The first-order valence-electron chi connectivity index (χ1n) is 5.86. The van der Waals surface area contributed by atoms with Gasteiger partial charge in [0.05, 0.1) is 11.9 Å². The molecule has 0 saturated heterocycles. The number of fused-ring (bicyclic) bond motifs is 1. The maximum Gasteiger partial charge on any atom is 0.117 e. The fourth-order valence-corrected chi connectivity index (χ4v) is 2.54. The Bertz CT molecular complexity index is 547. The van der Waals surface area contributed by atoms with E-state index < -0.39 is 0 Å². The smallest absolute Gasteiger partial charge is 0.117 e. The van der Waals surface area contributed by atoms with Gasteiger partial charge in [-0.2, -0.15) is 5.10 Å². The van der Waals surface area contributed by atoms with E-state index in [9.17, 15) is 5.11 Å². The highest BCUT2D eigenvalue weighted by atomic mass is 16.3. The topological polar surface area (TPSA) is 64.1 Å². The van der Waals surface area contributed by atoms with E-state index in [4.69, 9.17) is 5.73 Å². The van der Waals surface area contributed by atoms with E-state index >= 15 is 0 Å². The monoisotopic (exact) mass is 229 g/mol. The van der Waals surface area contributed by atoms with E-state index in [0.29, 0.717) is 12.5 Å². The first kappa shape index (κ1) is 10.4. The molecule has 1 aromatic carbocycles. The lowest BCUT2D eigenvalue weighted by atomic mass is 10.1. The molecule has 2 aromatic rings. The van der Waals surface area contributed by atoms with Crippen LogP contribution in [0.1, 0.15) is 23.6 Å². The van der Waals surface area contributed by atoms with Gasteiger partial charge in [-0.05, 0) is 43.0 Å². The van der Waals surface area contributed by atoms with Gasteiger partial charge >= 0.3 is 0 Å². The van der Waals surface area contributed by atoms with Crippen molar-refractivity contribution in [1.82, 2.24) is 9.78 Å². The van der Waals surface area contributed by atoms with E-state index in [1.54, 1.807) is 12.1 Å². The zero-order valence-electron chi connectivity index (χ0n) is 9.50. The Morgan fingerprint density at radius 3 is 3.12 bits per heavy atom. The Morgan fingerprint density at radius 1 is 1.47 bits per heavy atom. The minimum absolute atomic E-state index is 0.264. The normalized spacial score (nSPS) is 18.3. The standard InChI is InChI=1S/C13H15N3O/c14-7-9-4-5-13-12(9)8-15-16(13)10-2-1-3-11(17)6-10/h1-3,6,8-9,17H,4-5,7,14H2. The summed E-state index contributed by atoms with van der Waals surface area (Å²) in [6.45, 7) is 0.679. The quantitative estimate of drug-likeness (QED) is 0.821. The number of phenols is 1. The molecule has 0 spiro atoms. The lowest BCUT2D eigenvalue weighted by molar-refractivity contribution is 0.474. The van der Waals surface area contributed by atoms with E-state index in [-0.39, 0.29) is 5.75 Å². The van der Waals surface area contributed by atoms with Crippen molar-refractivity contribution in [2.45, 2.75) is 18.8 Å². The molecule has 0 amide bonds. The lowest BCUT2D eigenvalue weighted by Gasteiger charge is -2.05. The van der Waals surface area contributed by atoms with Gasteiger partial charge in [0.2, 0.25) is 0 Å². The minimum Gasteiger partial charge on any atom is -0.508 e. The van der Waals surface area contributed by atoms with Crippen molar-refractivity contribution in [2.24, 2.45) is 5.73 Å². The Labute approximate surface area is 99.7 Å². The van der Waals surface area contributed by atoms with Crippen LogP contribution in [0.5, 0.6) is 5.75 Å². The van der Waals surface area contributed by atoms with E-state index in [1.807, 2.05) is 23.0 Å². The third kappa shape index (κ3) is 1.61. The molecule has 3 rings (SSSR count). The van der Waals surface area contributed by atoms with Crippen LogP contribution in [0.25, 0.3) is 5.69 Å². The van der Waals surface area contributed by atoms with Crippen LogP contribution in [0.2, 0.25) is 0 Å². The largest absolute Gasteiger partial charge is 0.508 e. The Balaban J connectivity index is 2.06. The fraction of sp³-hybridized carbons (Fsp3) is 0.308. The van der Waals surface area contributed by atoms with Crippen LogP contribution < -0.4 is 5.73 Å². The van der Waals surface area contributed by atoms with Crippen molar-refractivity contribution in [1.29, 1.82) is 0 Å². The second-order valence-electron chi connectivity index (χ2n) is 4.45. The second kappa shape index (κ2) is 3.89. The summed E-state index contributed by atoms with van der Waals surface area (Å²) in [5, 5.41) is 13.9. The summed E-state index contributed by atoms with van der Waals surface area (Å²) in [7, 11) is 0. The molecule has 1 atom stereocenters. The SMILES string of the molecule is NCC1CCc2c1cnn2-c1cccc(O)c1. The van der Waals surface area contributed by atoms with Gasteiger partial charge in [0, 0.05) is 11.8 Å². The molecule has 1 aliphatic carbocycles. The minimum atomic E-state index is 0.264. The van der Waals surface area contributed by atoms with E-state index in [1.165, 1.54) is 11.3 Å². The van der Waals surface area contributed by atoms with Crippen LogP contribution >= 0.6 is 0 Å². The summed E-state index contributed by atoms with van der Waals surface area (Å²) in [6.07, 6.45) is 4.01. The van der Waals surface area contributed by atoms with Crippen LogP contribution in [-0.2, 0) is 6.42 Å². The molecular weight excluding hydrogens is 214 g/mol. The van der Waals surface area contributed by atoms with Gasteiger partial charge < -0.3 is 10.8 Å². The maximum absolute atomic E-state index is 9.50. The Kier molecular flexibility index (Phi) is 2.37. The zero-order valence-corrected chi connectivity index (χ0v) is 9.50. The number of hydrogen-bond acceptors (Lipinski definition) is 3. The van der Waals surface area contributed by atoms with Crippen molar-refractivity contribution in [3.63, 3.8) is 0 Å². The summed E-state index contributed by atoms with van der Waals surface area (Å²) in [4.78, 5) is 0. The molecule has 4 heteroatoms. The van der Waals surface area contributed by atoms with Gasteiger partial charge in [-0.3, -0.25) is 0 Å². The average Bonchev–Trinajstić information content (AvgIpc) is 2.89. The highest BCUT2D eigenvalue weighted by molar-refractivity contribution is 5.42. The summed E-state index contributed by atoms with van der Waals surface area (Å²) in [5.41, 5.74) is 9.14. The molecule has 3 N–H and O–H groups in total. The predicted molar refractivity (Wildman–Crippen MR) is 65.3 cm³/mol. The number of hydrogen-bond donors (Lipinski definition) is 2. The van der Waals surface area contributed by atoms with Crippen molar-refractivity contribution >= 4 is 0 Å². The van der Waals surface area contributed by atoms with Gasteiger partial charge in [0.15, 0.2) is 0 Å². The van der Waals surface area contributed by atoms with Crippen LogP contribution in [-0.4, -0.2) is 21.4 Å².